The number of unbranched alkanes of at least 4 members (excludes halogenated alkanes) is 26. The van der Waals surface area contributed by atoms with Gasteiger partial charge in [-0.1, -0.05) is 174 Å². The van der Waals surface area contributed by atoms with Crippen LogP contribution >= 0.6 is 19.6 Å². The Balaban J connectivity index is 4.20. The molecule has 0 bridgehead atoms. The Labute approximate surface area is 334 Å². The minimum atomic E-state index is -4.18. The van der Waals surface area contributed by atoms with E-state index in [1.54, 1.807) is 11.8 Å². The zero-order valence-electron chi connectivity index (χ0n) is 35.9. The van der Waals surface area contributed by atoms with Gasteiger partial charge in [-0.15, -0.1) is 0 Å². The van der Waals surface area contributed by atoms with Crippen molar-refractivity contribution in [2.75, 3.05) is 52.4 Å². The van der Waals surface area contributed by atoms with Gasteiger partial charge in [0.15, 0.2) is 0 Å². The van der Waals surface area contributed by atoms with Gasteiger partial charge in [0.25, 0.3) is 0 Å². The topological polar surface area (TPSA) is 84.9 Å². The van der Waals surface area contributed by atoms with E-state index in [0.29, 0.717) is 23.2 Å². The van der Waals surface area contributed by atoms with E-state index in [1.165, 1.54) is 167 Å². The number of quaternary nitrogens is 1. The molecule has 7 nitrogen and oxygen atoms in total. The molecule has 0 fully saturated rings. The van der Waals surface area contributed by atoms with Crippen molar-refractivity contribution in [3.05, 3.63) is 12.2 Å². The normalized spacial score (nSPS) is 13.8. The standard InChI is InChI=1S/C44H89N2O5PS/c1-6-8-10-12-14-16-18-20-22-23-24-25-27-29-31-33-35-37-44(47)45-43(41-51-52(48,49)50-39-38-46(3,4)5)42-53-40-36-34-32-30-28-26-21-19-17-15-13-11-9-7-2/h20,22,43H,6-19,21,23-42H2,1-5H3,(H-,45,47,48,49)/p+1/b22-20-/t43-/m0/s1. The summed E-state index contributed by atoms with van der Waals surface area (Å²) < 4.78 is 23.8. The molecule has 0 aliphatic rings. The molecule has 0 saturated heterocycles. The molecule has 0 spiro atoms. The molecule has 53 heavy (non-hydrogen) atoms. The van der Waals surface area contributed by atoms with E-state index in [9.17, 15) is 14.3 Å². The lowest BCUT2D eigenvalue weighted by molar-refractivity contribution is -0.870. The average Bonchev–Trinajstić information content (AvgIpc) is 3.11. The number of thioether (sulfide) groups is 1. The minimum absolute atomic E-state index is 0.00200. The lowest BCUT2D eigenvalue weighted by Gasteiger charge is -2.24. The van der Waals surface area contributed by atoms with Crippen molar-refractivity contribution in [1.29, 1.82) is 0 Å². The number of phosphoric ester groups is 1. The molecule has 0 saturated carbocycles. The molecule has 0 aliphatic heterocycles. The van der Waals surface area contributed by atoms with Gasteiger partial charge in [0.2, 0.25) is 5.91 Å². The summed E-state index contributed by atoms with van der Waals surface area (Å²) in [5.74, 6) is 1.69. The fourth-order valence-electron chi connectivity index (χ4n) is 6.42. The number of phosphoric acid groups is 1. The lowest BCUT2D eigenvalue weighted by atomic mass is 10.0. The summed E-state index contributed by atoms with van der Waals surface area (Å²) in [7, 11) is 1.83. The first-order chi connectivity index (χ1) is 25.6. The van der Waals surface area contributed by atoms with Crippen molar-refractivity contribution in [3.63, 3.8) is 0 Å². The molecule has 316 valence electrons. The van der Waals surface area contributed by atoms with Crippen LogP contribution in [-0.2, 0) is 18.4 Å². The van der Waals surface area contributed by atoms with Crippen LogP contribution in [0.25, 0.3) is 0 Å². The van der Waals surface area contributed by atoms with Crippen molar-refractivity contribution in [3.8, 4) is 0 Å². The van der Waals surface area contributed by atoms with E-state index < -0.39 is 7.82 Å². The van der Waals surface area contributed by atoms with Crippen LogP contribution in [0.5, 0.6) is 0 Å². The first-order valence-electron chi connectivity index (χ1n) is 22.5. The number of likely N-dealkylation sites (N-methyl/N-ethyl adjacent to an activating group) is 1. The van der Waals surface area contributed by atoms with Crippen LogP contribution in [-0.4, -0.2) is 73.7 Å². The van der Waals surface area contributed by atoms with Crippen LogP contribution < -0.4 is 5.32 Å². The highest BCUT2D eigenvalue weighted by atomic mass is 32.2. The van der Waals surface area contributed by atoms with Gasteiger partial charge >= 0.3 is 7.82 Å². The maximum Gasteiger partial charge on any atom is 0.472 e. The minimum Gasteiger partial charge on any atom is -0.350 e. The summed E-state index contributed by atoms with van der Waals surface area (Å²) in [5.41, 5.74) is 0. The number of allylic oxidation sites excluding steroid dienone is 2. The summed E-state index contributed by atoms with van der Waals surface area (Å²) in [4.78, 5) is 23.1. The van der Waals surface area contributed by atoms with E-state index >= 15 is 0 Å². The quantitative estimate of drug-likeness (QED) is 0.0277. The number of hydrogen-bond acceptors (Lipinski definition) is 5. The number of hydrogen-bond donors (Lipinski definition) is 2. The number of carbonyl (C=O) groups is 1. The van der Waals surface area contributed by atoms with Crippen molar-refractivity contribution in [2.45, 2.75) is 213 Å². The Bertz CT molecular complexity index is 869. The zero-order valence-corrected chi connectivity index (χ0v) is 37.6. The Morgan fingerprint density at radius 3 is 1.51 bits per heavy atom. The molecule has 9 heteroatoms. The van der Waals surface area contributed by atoms with E-state index in [-0.39, 0.29) is 25.2 Å². The van der Waals surface area contributed by atoms with E-state index in [0.717, 1.165) is 25.0 Å². The highest BCUT2D eigenvalue weighted by Crippen LogP contribution is 2.43. The third kappa shape index (κ3) is 42.6. The summed E-state index contributed by atoms with van der Waals surface area (Å²) in [6.45, 7) is 5.26. The fourth-order valence-corrected chi connectivity index (χ4v) is 8.21. The molecule has 2 N–H and O–H groups in total. The van der Waals surface area contributed by atoms with Crippen molar-refractivity contribution in [2.24, 2.45) is 0 Å². The van der Waals surface area contributed by atoms with Crippen LogP contribution in [0.4, 0.5) is 0 Å². The predicted octanol–water partition coefficient (Wildman–Crippen LogP) is 13.3. The van der Waals surface area contributed by atoms with Crippen LogP contribution in [0, 0.1) is 0 Å². The van der Waals surface area contributed by atoms with Gasteiger partial charge in [-0.2, -0.15) is 11.8 Å². The largest absolute Gasteiger partial charge is 0.472 e. The molecule has 0 aromatic heterocycles. The molecule has 0 heterocycles. The summed E-state index contributed by atoms with van der Waals surface area (Å²) in [5, 5.41) is 3.09. The summed E-state index contributed by atoms with van der Waals surface area (Å²) >= 11 is 1.80. The Hall–Kier alpha value is -0.370. The number of carbonyl (C=O) groups excluding carboxylic acids is 1. The second kappa shape index (κ2) is 38.5. The molecule has 0 rings (SSSR count). The van der Waals surface area contributed by atoms with Gasteiger partial charge in [0, 0.05) is 12.2 Å². The number of amides is 1. The molecule has 1 amide bonds. The predicted molar refractivity (Wildman–Crippen MR) is 233 cm³/mol. The first kappa shape index (κ1) is 52.6. The Morgan fingerprint density at radius 1 is 0.642 bits per heavy atom. The molecule has 1 unspecified atom stereocenters. The third-order valence-electron chi connectivity index (χ3n) is 9.95. The Morgan fingerprint density at radius 2 is 1.06 bits per heavy atom. The zero-order chi connectivity index (χ0) is 39.1. The molecule has 0 radical (unpaired) electrons. The molecule has 0 aliphatic carbocycles. The van der Waals surface area contributed by atoms with Crippen LogP contribution in [0.15, 0.2) is 12.2 Å². The maximum absolute atomic E-state index is 12.8. The van der Waals surface area contributed by atoms with Gasteiger partial charge in [0.05, 0.1) is 33.8 Å². The van der Waals surface area contributed by atoms with Crippen molar-refractivity contribution >= 4 is 25.5 Å². The lowest BCUT2D eigenvalue weighted by Crippen LogP contribution is -2.40. The smallest absolute Gasteiger partial charge is 0.350 e. The van der Waals surface area contributed by atoms with Crippen molar-refractivity contribution in [1.82, 2.24) is 5.32 Å². The summed E-state index contributed by atoms with van der Waals surface area (Å²) in [6, 6.07) is -0.318. The Kier molecular flexibility index (Phi) is 38.2. The number of rotatable bonds is 42. The average molecular weight is 790 g/mol. The van der Waals surface area contributed by atoms with Crippen LogP contribution in [0.3, 0.4) is 0 Å². The van der Waals surface area contributed by atoms with Gasteiger partial charge in [0.1, 0.15) is 13.2 Å². The van der Waals surface area contributed by atoms with E-state index in [4.69, 9.17) is 9.05 Å². The van der Waals surface area contributed by atoms with Crippen LogP contribution in [0.1, 0.15) is 206 Å². The fraction of sp³-hybridized carbons (Fsp3) is 0.932. The maximum atomic E-state index is 12.8. The van der Waals surface area contributed by atoms with E-state index in [2.05, 4.69) is 31.3 Å². The van der Waals surface area contributed by atoms with Crippen molar-refractivity contribution < 1.29 is 27.8 Å². The molecular formula is C44H90N2O5PS+. The summed E-state index contributed by atoms with van der Waals surface area (Å²) in [6.07, 6.45) is 42.9. The van der Waals surface area contributed by atoms with E-state index in [1.807, 2.05) is 21.1 Å². The molecule has 0 aromatic carbocycles. The highest BCUT2D eigenvalue weighted by molar-refractivity contribution is 7.99. The van der Waals surface area contributed by atoms with Gasteiger partial charge in [-0.25, -0.2) is 4.57 Å². The second-order valence-corrected chi connectivity index (χ2v) is 19.2. The second-order valence-electron chi connectivity index (χ2n) is 16.6. The number of nitrogens with zero attached hydrogens (tertiary/aromatic N) is 1. The number of nitrogens with one attached hydrogen (secondary N) is 1. The first-order valence-corrected chi connectivity index (χ1v) is 25.2. The SMILES string of the molecule is CCCCCCCC/C=C\CCCCCCCCCC(=O)N[C@@H](COP(=O)(O)OCC[N+](C)(C)C)CSCCCCCCCCCCCCCCCC. The molecular weight excluding hydrogens is 700 g/mol. The molecule has 0 aromatic rings. The van der Waals surface area contributed by atoms with Gasteiger partial charge in [-0.05, 0) is 44.3 Å². The molecule has 2 atom stereocenters. The monoisotopic (exact) mass is 790 g/mol. The highest BCUT2D eigenvalue weighted by Gasteiger charge is 2.25. The van der Waals surface area contributed by atoms with Crippen LogP contribution in [0.2, 0.25) is 0 Å². The third-order valence-corrected chi connectivity index (χ3v) is 12.1. The van der Waals surface area contributed by atoms with Gasteiger partial charge < -0.3 is 14.7 Å². The van der Waals surface area contributed by atoms with Gasteiger partial charge in [-0.3, -0.25) is 13.8 Å².